The van der Waals surface area contributed by atoms with Crippen molar-refractivity contribution in [3.63, 3.8) is 0 Å². The summed E-state index contributed by atoms with van der Waals surface area (Å²) in [6.45, 7) is 6.79. The predicted molar refractivity (Wildman–Crippen MR) is 89.2 cm³/mol. The summed E-state index contributed by atoms with van der Waals surface area (Å²) in [4.78, 5) is 22.4. The number of hydrogen-bond donors (Lipinski definition) is 2. The first-order valence-electron chi connectivity index (χ1n) is 7.81. The lowest BCUT2D eigenvalue weighted by Gasteiger charge is -2.27. The molecule has 1 aliphatic heterocycles. The number of aromatic nitrogens is 2. The Labute approximate surface area is 134 Å². The fourth-order valence-electron chi connectivity index (χ4n) is 2.91. The third-order valence-corrected chi connectivity index (χ3v) is 4.80. The van der Waals surface area contributed by atoms with Gasteiger partial charge in [0, 0.05) is 36.3 Å². The zero-order valence-electron chi connectivity index (χ0n) is 13.1. The fraction of sp³-hybridized carbons (Fsp3) is 0.500. The second-order valence-electron chi connectivity index (χ2n) is 5.70. The monoisotopic (exact) mass is 318 g/mol. The summed E-state index contributed by atoms with van der Waals surface area (Å²) in [5.74, 6) is 0.0914. The SMILES string of the molecule is CCCN(C(=O)c1cc(-c2csc(C)n2)c[nH]1)C1CCNC1. The van der Waals surface area contributed by atoms with Crippen molar-refractivity contribution in [2.45, 2.75) is 32.7 Å². The number of nitrogens with one attached hydrogen (secondary N) is 2. The van der Waals surface area contributed by atoms with Crippen molar-refractivity contribution in [2.75, 3.05) is 19.6 Å². The van der Waals surface area contributed by atoms with Crippen LogP contribution >= 0.6 is 11.3 Å². The molecule has 22 heavy (non-hydrogen) atoms. The Hall–Kier alpha value is -1.66. The average Bonchev–Trinajstić information content (AvgIpc) is 3.24. The van der Waals surface area contributed by atoms with Crippen LogP contribution in [0.1, 0.15) is 35.3 Å². The number of amides is 1. The lowest BCUT2D eigenvalue weighted by atomic mass is 10.2. The Balaban J connectivity index is 1.79. The van der Waals surface area contributed by atoms with E-state index in [9.17, 15) is 4.79 Å². The molecule has 5 nitrogen and oxygen atoms in total. The van der Waals surface area contributed by atoms with Gasteiger partial charge in [-0.2, -0.15) is 0 Å². The molecule has 1 fully saturated rings. The van der Waals surface area contributed by atoms with Gasteiger partial charge >= 0.3 is 0 Å². The van der Waals surface area contributed by atoms with E-state index in [1.54, 1.807) is 11.3 Å². The third kappa shape index (κ3) is 3.08. The summed E-state index contributed by atoms with van der Waals surface area (Å²) >= 11 is 1.62. The number of carbonyl (C=O) groups excluding carboxylic acids is 1. The van der Waals surface area contributed by atoms with Gasteiger partial charge in [0.05, 0.1) is 10.7 Å². The Bertz CT molecular complexity index is 642. The quantitative estimate of drug-likeness (QED) is 0.891. The number of hydrogen-bond acceptors (Lipinski definition) is 4. The van der Waals surface area contributed by atoms with E-state index in [1.807, 2.05) is 29.5 Å². The minimum absolute atomic E-state index is 0.0914. The molecule has 0 bridgehead atoms. The number of H-pyrrole nitrogens is 1. The highest BCUT2D eigenvalue weighted by atomic mass is 32.1. The first-order chi connectivity index (χ1) is 10.7. The smallest absolute Gasteiger partial charge is 0.270 e. The summed E-state index contributed by atoms with van der Waals surface area (Å²) in [7, 11) is 0. The maximum Gasteiger partial charge on any atom is 0.270 e. The van der Waals surface area contributed by atoms with Gasteiger partial charge in [0.1, 0.15) is 5.69 Å². The Morgan fingerprint density at radius 3 is 3.05 bits per heavy atom. The molecule has 0 radical (unpaired) electrons. The summed E-state index contributed by atoms with van der Waals surface area (Å²) < 4.78 is 0. The van der Waals surface area contributed by atoms with Gasteiger partial charge in [-0.3, -0.25) is 4.79 Å². The maximum absolute atomic E-state index is 12.8. The van der Waals surface area contributed by atoms with Crippen LogP contribution in [-0.2, 0) is 0 Å². The van der Waals surface area contributed by atoms with Crippen LogP contribution in [0.15, 0.2) is 17.6 Å². The standard InChI is InChI=1S/C16H22N4OS/c1-3-6-20(13-4-5-17-9-13)16(21)14-7-12(8-18-14)15-10-22-11(2)19-15/h7-8,10,13,17-18H,3-6,9H2,1-2H3. The van der Waals surface area contributed by atoms with Gasteiger partial charge in [0.25, 0.3) is 5.91 Å². The topological polar surface area (TPSA) is 61.0 Å². The molecule has 1 saturated heterocycles. The van der Waals surface area contributed by atoms with E-state index in [4.69, 9.17) is 0 Å². The first-order valence-corrected chi connectivity index (χ1v) is 8.69. The van der Waals surface area contributed by atoms with Crippen molar-refractivity contribution in [3.8, 4) is 11.3 Å². The van der Waals surface area contributed by atoms with Crippen LogP contribution < -0.4 is 5.32 Å². The lowest BCUT2D eigenvalue weighted by molar-refractivity contribution is 0.0687. The lowest BCUT2D eigenvalue weighted by Crippen LogP contribution is -2.42. The van der Waals surface area contributed by atoms with E-state index >= 15 is 0 Å². The van der Waals surface area contributed by atoms with Crippen LogP contribution in [-0.4, -0.2) is 46.5 Å². The van der Waals surface area contributed by atoms with Crippen LogP contribution in [0.5, 0.6) is 0 Å². The molecule has 0 saturated carbocycles. The van der Waals surface area contributed by atoms with Crippen molar-refractivity contribution in [1.29, 1.82) is 0 Å². The zero-order valence-corrected chi connectivity index (χ0v) is 13.9. The molecule has 0 aromatic carbocycles. The highest BCUT2D eigenvalue weighted by Gasteiger charge is 2.27. The number of aromatic amines is 1. The van der Waals surface area contributed by atoms with Gasteiger partial charge < -0.3 is 15.2 Å². The molecule has 0 spiro atoms. The minimum Gasteiger partial charge on any atom is -0.357 e. The van der Waals surface area contributed by atoms with Gasteiger partial charge in [0.2, 0.25) is 0 Å². The summed E-state index contributed by atoms with van der Waals surface area (Å²) in [6, 6.07) is 2.22. The van der Waals surface area contributed by atoms with E-state index in [1.165, 1.54) is 0 Å². The van der Waals surface area contributed by atoms with Crippen molar-refractivity contribution in [1.82, 2.24) is 20.2 Å². The van der Waals surface area contributed by atoms with Crippen molar-refractivity contribution in [3.05, 3.63) is 28.3 Å². The second-order valence-corrected chi connectivity index (χ2v) is 6.76. The highest BCUT2D eigenvalue weighted by molar-refractivity contribution is 7.09. The zero-order chi connectivity index (χ0) is 15.5. The van der Waals surface area contributed by atoms with Gasteiger partial charge in [-0.15, -0.1) is 11.3 Å². The van der Waals surface area contributed by atoms with Crippen LogP contribution in [0, 0.1) is 6.92 Å². The maximum atomic E-state index is 12.8. The number of nitrogens with zero attached hydrogens (tertiary/aromatic N) is 2. The van der Waals surface area contributed by atoms with Crippen LogP contribution in [0.25, 0.3) is 11.3 Å². The molecule has 2 N–H and O–H groups in total. The second kappa shape index (κ2) is 6.62. The Morgan fingerprint density at radius 1 is 1.55 bits per heavy atom. The van der Waals surface area contributed by atoms with E-state index in [0.29, 0.717) is 11.7 Å². The van der Waals surface area contributed by atoms with Gasteiger partial charge in [0.15, 0.2) is 0 Å². The van der Waals surface area contributed by atoms with E-state index in [2.05, 4.69) is 22.2 Å². The molecule has 1 amide bonds. The van der Waals surface area contributed by atoms with E-state index in [0.717, 1.165) is 48.7 Å². The Kier molecular flexibility index (Phi) is 4.59. The predicted octanol–water partition coefficient (Wildman–Crippen LogP) is 2.66. The minimum atomic E-state index is 0.0914. The number of aryl methyl sites for hydroxylation is 1. The molecular weight excluding hydrogens is 296 g/mol. The highest BCUT2D eigenvalue weighted by Crippen LogP contribution is 2.23. The summed E-state index contributed by atoms with van der Waals surface area (Å²) in [5.41, 5.74) is 2.57. The van der Waals surface area contributed by atoms with Crippen molar-refractivity contribution in [2.24, 2.45) is 0 Å². The number of carbonyl (C=O) groups is 1. The van der Waals surface area contributed by atoms with Gasteiger partial charge in [-0.05, 0) is 32.4 Å². The Morgan fingerprint density at radius 2 is 2.41 bits per heavy atom. The summed E-state index contributed by atoms with van der Waals surface area (Å²) in [5, 5.41) is 6.40. The molecule has 3 rings (SSSR count). The number of thiazole rings is 1. The fourth-order valence-corrected chi connectivity index (χ4v) is 3.53. The number of rotatable bonds is 5. The molecule has 1 atom stereocenters. The van der Waals surface area contributed by atoms with Crippen LogP contribution in [0.2, 0.25) is 0 Å². The molecule has 2 aromatic heterocycles. The van der Waals surface area contributed by atoms with Crippen LogP contribution in [0.4, 0.5) is 0 Å². The normalized spacial score (nSPS) is 17.8. The average molecular weight is 318 g/mol. The van der Waals surface area contributed by atoms with Gasteiger partial charge in [-0.1, -0.05) is 6.92 Å². The van der Waals surface area contributed by atoms with Crippen molar-refractivity contribution < 1.29 is 4.79 Å². The molecule has 6 heteroatoms. The molecule has 118 valence electrons. The molecule has 1 aliphatic rings. The first kappa shape index (κ1) is 15.2. The molecule has 2 aromatic rings. The van der Waals surface area contributed by atoms with E-state index in [-0.39, 0.29) is 5.91 Å². The molecule has 1 unspecified atom stereocenters. The van der Waals surface area contributed by atoms with Gasteiger partial charge in [-0.25, -0.2) is 4.98 Å². The van der Waals surface area contributed by atoms with Crippen molar-refractivity contribution >= 4 is 17.2 Å². The largest absolute Gasteiger partial charge is 0.357 e. The van der Waals surface area contributed by atoms with Crippen LogP contribution in [0.3, 0.4) is 0 Å². The summed E-state index contributed by atoms with van der Waals surface area (Å²) in [6.07, 6.45) is 3.88. The molecular formula is C16H22N4OS. The molecule has 0 aliphatic carbocycles. The van der Waals surface area contributed by atoms with E-state index < -0.39 is 0 Å². The third-order valence-electron chi connectivity index (χ3n) is 4.03. The molecule has 3 heterocycles.